The Labute approximate surface area is 109 Å². The van der Waals surface area contributed by atoms with Crippen molar-refractivity contribution in [2.24, 2.45) is 17.6 Å². The van der Waals surface area contributed by atoms with Crippen molar-refractivity contribution in [1.82, 2.24) is 0 Å². The standard InChI is InChI=1S/C15H22ClN/c1-10(2)11-7-8-15(17)13(9-11)12-5-3-4-6-14(12)16/h3-6,10-11,13,15H,7-9,17H2,1-2H3. The second-order valence-corrected chi connectivity index (χ2v) is 6.02. The molecule has 2 heteroatoms. The highest BCUT2D eigenvalue weighted by atomic mass is 35.5. The quantitative estimate of drug-likeness (QED) is 0.837. The number of benzene rings is 1. The van der Waals surface area contributed by atoms with E-state index >= 15 is 0 Å². The molecule has 94 valence electrons. The van der Waals surface area contributed by atoms with Crippen LogP contribution in [0.5, 0.6) is 0 Å². The summed E-state index contributed by atoms with van der Waals surface area (Å²) in [4.78, 5) is 0. The lowest BCUT2D eigenvalue weighted by Crippen LogP contribution is -2.36. The topological polar surface area (TPSA) is 26.0 Å². The van der Waals surface area contributed by atoms with Crippen molar-refractivity contribution in [3.8, 4) is 0 Å². The Bertz CT molecular complexity index is 375. The minimum Gasteiger partial charge on any atom is -0.327 e. The highest BCUT2D eigenvalue weighted by Gasteiger charge is 2.31. The molecule has 0 saturated heterocycles. The third kappa shape index (κ3) is 2.83. The van der Waals surface area contributed by atoms with Crippen molar-refractivity contribution in [2.45, 2.75) is 45.1 Å². The lowest BCUT2D eigenvalue weighted by atomic mass is 9.71. The zero-order valence-electron chi connectivity index (χ0n) is 10.7. The average molecular weight is 252 g/mol. The molecule has 1 aromatic rings. The van der Waals surface area contributed by atoms with E-state index in [1.165, 1.54) is 18.4 Å². The lowest BCUT2D eigenvalue weighted by molar-refractivity contribution is 0.232. The molecule has 0 aliphatic heterocycles. The van der Waals surface area contributed by atoms with E-state index in [1.54, 1.807) is 0 Å². The SMILES string of the molecule is CC(C)C1CCC(N)C(c2ccccc2Cl)C1. The van der Waals surface area contributed by atoms with Crippen molar-refractivity contribution in [1.29, 1.82) is 0 Å². The van der Waals surface area contributed by atoms with E-state index in [2.05, 4.69) is 26.0 Å². The molecular weight excluding hydrogens is 230 g/mol. The van der Waals surface area contributed by atoms with Gasteiger partial charge in [0.1, 0.15) is 0 Å². The Kier molecular flexibility index (Phi) is 4.11. The molecule has 0 spiro atoms. The molecule has 0 bridgehead atoms. The van der Waals surface area contributed by atoms with Gasteiger partial charge in [-0.1, -0.05) is 43.6 Å². The fraction of sp³-hybridized carbons (Fsp3) is 0.600. The van der Waals surface area contributed by atoms with Gasteiger partial charge in [-0.2, -0.15) is 0 Å². The summed E-state index contributed by atoms with van der Waals surface area (Å²) < 4.78 is 0. The molecule has 3 atom stereocenters. The summed E-state index contributed by atoms with van der Waals surface area (Å²) >= 11 is 6.29. The fourth-order valence-electron chi connectivity index (χ4n) is 2.97. The number of hydrogen-bond acceptors (Lipinski definition) is 1. The molecule has 0 amide bonds. The molecule has 1 saturated carbocycles. The molecule has 1 nitrogen and oxygen atoms in total. The van der Waals surface area contributed by atoms with Crippen LogP contribution in [0.2, 0.25) is 5.02 Å². The summed E-state index contributed by atoms with van der Waals surface area (Å²) in [6, 6.07) is 8.43. The maximum absolute atomic E-state index is 6.29. The van der Waals surface area contributed by atoms with E-state index in [4.69, 9.17) is 17.3 Å². The van der Waals surface area contributed by atoms with Gasteiger partial charge >= 0.3 is 0 Å². The Morgan fingerprint density at radius 2 is 1.94 bits per heavy atom. The van der Waals surface area contributed by atoms with E-state index in [9.17, 15) is 0 Å². The normalized spacial score (nSPS) is 29.6. The van der Waals surface area contributed by atoms with Crippen molar-refractivity contribution in [3.63, 3.8) is 0 Å². The van der Waals surface area contributed by atoms with Gasteiger partial charge < -0.3 is 5.73 Å². The monoisotopic (exact) mass is 251 g/mol. The summed E-state index contributed by atoms with van der Waals surface area (Å²) in [6.07, 6.45) is 3.57. The molecule has 0 radical (unpaired) electrons. The Morgan fingerprint density at radius 1 is 1.24 bits per heavy atom. The summed E-state index contributed by atoms with van der Waals surface area (Å²) in [5.41, 5.74) is 7.53. The van der Waals surface area contributed by atoms with Crippen LogP contribution in [0.1, 0.15) is 44.6 Å². The first-order chi connectivity index (χ1) is 8.09. The van der Waals surface area contributed by atoms with Crippen LogP contribution in [0.25, 0.3) is 0 Å². The molecule has 2 N–H and O–H groups in total. The molecule has 1 fully saturated rings. The molecule has 3 unspecified atom stereocenters. The number of halogens is 1. The maximum Gasteiger partial charge on any atom is 0.0441 e. The first-order valence-corrected chi connectivity index (χ1v) is 6.97. The predicted molar refractivity (Wildman–Crippen MR) is 74.3 cm³/mol. The molecule has 17 heavy (non-hydrogen) atoms. The minimum absolute atomic E-state index is 0.268. The molecule has 1 aliphatic rings. The minimum atomic E-state index is 0.268. The second-order valence-electron chi connectivity index (χ2n) is 5.61. The van der Waals surface area contributed by atoms with Crippen LogP contribution < -0.4 is 5.73 Å². The molecular formula is C15H22ClN. The smallest absolute Gasteiger partial charge is 0.0441 e. The van der Waals surface area contributed by atoms with Crippen LogP contribution in [-0.2, 0) is 0 Å². The maximum atomic E-state index is 6.29. The van der Waals surface area contributed by atoms with Crippen LogP contribution in [0, 0.1) is 11.8 Å². The van der Waals surface area contributed by atoms with Crippen molar-refractivity contribution < 1.29 is 0 Å². The van der Waals surface area contributed by atoms with Gasteiger partial charge in [-0.3, -0.25) is 0 Å². The van der Waals surface area contributed by atoms with Crippen LogP contribution in [0.3, 0.4) is 0 Å². The van der Waals surface area contributed by atoms with Crippen LogP contribution in [0.15, 0.2) is 24.3 Å². The van der Waals surface area contributed by atoms with Gasteiger partial charge in [-0.15, -0.1) is 0 Å². The Balaban J connectivity index is 2.21. The highest BCUT2D eigenvalue weighted by molar-refractivity contribution is 6.31. The number of rotatable bonds is 2. The van der Waals surface area contributed by atoms with Gasteiger partial charge in [0, 0.05) is 17.0 Å². The van der Waals surface area contributed by atoms with Gasteiger partial charge in [0.15, 0.2) is 0 Å². The zero-order valence-corrected chi connectivity index (χ0v) is 11.5. The fourth-order valence-corrected chi connectivity index (χ4v) is 3.24. The molecule has 2 rings (SSSR count). The van der Waals surface area contributed by atoms with Crippen molar-refractivity contribution in [3.05, 3.63) is 34.9 Å². The summed E-state index contributed by atoms with van der Waals surface area (Å²) in [6.45, 7) is 4.62. The average Bonchev–Trinajstić information content (AvgIpc) is 2.30. The van der Waals surface area contributed by atoms with E-state index in [0.29, 0.717) is 5.92 Å². The molecule has 1 aromatic carbocycles. The third-order valence-electron chi connectivity index (χ3n) is 4.19. The van der Waals surface area contributed by atoms with Gasteiger partial charge in [-0.05, 0) is 42.7 Å². The van der Waals surface area contributed by atoms with E-state index in [1.807, 2.05) is 12.1 Å². The van der Waals surface area contributed by atoms with Gasteiger partial charge in [0.05, 0.1) is 0 Å². The zero-order chi connectivity index (χ0) is 12.4. The predicted octanol–water partition coefficient (Wildman–Crippen LogP) is 4.21. The lowest BCUT2D eigenvalue weighted by Gasteiger charge is -2.36. The highest BCUT2D eigenvalue weighted by Crippen LogP contribution is 2.40. The largest absolute Gasteiger partial charge is 0.327 e. The summed E-state index contributed by atoms with van der Waals surface area (Å²) in [5, 5.41) is 0.873. The molecule has 1 aliphatic carbocycles. The van der Waals surface area contributed by atoms with Crippen LogP contribution >= 0.6 is 11.6 Å². The molecule has 0 heterocycles. The third-order valence-corrected chi connectivity index (χ3v) is 4.54. The van der Waals surface area contributed by atoms with Gasteiger partial charge in [0.2, 0.25) is 0 Å². The number of nitrogens with two attached hydrogens (primary N) is 1. The summed E-state index contributed by atoms with van der Waals surface area (Å²) in [7, 11) is 0. The van der Waals surface area contributed by atoms with E-state index in [0.717, 1.165) is 23.3 Å². The van der Waals surface area contributed by atoms with Crippen molar-refractivity contribution >= 4 is 11.6 Å². The van der Waals surface area contributed by atoms with Gasteiger partial charge in [0.25, 0.3) is 0 Å². The number of hydrogen-bond donors (Lipinski definition) is 1. The second kappa shape index (κ2) is 5.41. The van der Waals surface area contributed by atoms with Gasteiger partial charge in [-0.25, -0.2) is 0 Å². The van der Waals surface area contributed by atoms with E-state index < -0.39 is 0 Å². The first kappa shape index (κ1) is 12.9. The Hall–Kier alpha value is -0.530. The molecule has 0 aromatic heterocycles. The van der Waals surface area contributed by atoms with E-state index in [-0.39, 0.29) is 6.04 Å². The Morgan fingerprint density at radius 3 is 2.59 bits per heavy atom. The van der Waals surface area contributed by atoms with Crippen molar-refractivity contribution in [2.75, 3.05) is 0 Å². The summed E-state index contributed by atoms with van der Waals surface area (Å²) in [5.74, 6) is 1.97. The van der Waals surface area contributed by atoms with Crippen LogP contribution in [-0.4, -0.2) is 6.04 Å². The van der Waals surface area contributed by atoms with Crippen LogP contribution in [0.4, 0.5) is 0 Å². The first-order valence-electron chi connectivity index (χ1n) is 6.59.